The predicted octanol–water partition coefficient (Wildman–Crippen LogP) is 2.42. The summed E-state index contributed by atoms with van der Waals surface area (Å²) in [5, 5.41) is 5.49. The number of rotatable bonds is 4. The SMILES string of the molecule is O=C(CCn1ncc2ccccc21)N1CCO[C@H](c2ccncc2)C1. The lowest BCUT2D eigenvalue weighted by molar-refractivity contribution is -0.139. The summed E-state index contributed by atoms with van der Waals surface area (Å²) in [5.41, 5.74) is 2.12. The van der Waals surface area contributed by atoms with E-state index in [4.69, 9.17) is 4.74 Å². The first kappa shape index (κ1) is 15.8. The molecule has 1 saturated heterocycles. The van der Waals surface area contributed by atoms with Crippen molar-refractivity contribution in [2.75, 3.05) is 19.7 Å². The van der Waals surface area contributed by atoms with E-state index in [0.717, 1.165) is 16.5 Å². The van der Waals surface area contributed by atoms with Crippen molar-refractivity contribution in [3.05, 3.63) is 60.6 Å². The normalized spacial score (nSPS) is 17.8. The number of pyridine rings is 1. The average Bonchev–Trinajstić information content (AvgIpc) is 3.10. The van der Waals surface area contributed by atoms with E-state index in [1.807, 2.05) is 52.2 Å². The van der Waals surface area contributed by atoms with Gasteiger partial charge in [-0.1, -0.05) is 18.2 Å². The van der Waals surface area contributed by atoms with E-state index < -0.39 is 0 Å². The Morgan fingerprint density at radius 2 is 2.04 bits per heavy atom. The molecule has 0 unspecified atom stereocenters. The summed E-state index contributed by atoms with van der Waals surface area (Å²) in [6, 6.07) is 11.9. The van der Waals surface area contributed by atoms with Gasteiger partial charge in [0.2, 0.25) is 5.91 Å². The highest BCUT2D eigenvalue weighted by molar-refractivity contribution is 5.79. The third kappa shape index (κ3) is 3.39. The van der Waals surface area contributed by atoms with E-state index in [0.29, 0.717) is 32.7 Å². The molecule has 0 spiro atoms. The first-order valence-corrected chi connectivity index (χ1v) is 8.51. The van der Waals surface area contributed by atoms with Gasteiger partial charge in [-0.25, -0.2) is 0 Å². The summed E-state index contributed by atoms with van der Waals surface area (Å²) in [4.78, 5) is 18.5. The van der Waals surface area contributed by atoms with E-state index in [1.54, 1.807) is 12.4 Å². The molecular formula is C19H20N4O2. The fraction of sp³-hybridized carbons (Fsp3) is 0.316. The Bertz CT molecular complexity index is 862. The van der Waals surface area contributed by atoms with Crippen LogP contribution in [0.5, 0.6) is 0 Å². The van der Waals surface area contributed by atoms with Gasteiger partial charge >= 0.3 is 0 Å². The van der Waals surface area contributed by atoms with Gasteiger partial charge in [-0.3, -0.25) is 14.5 Å². The van der Waals surface area contributed by atoms with E-state index >= 15 is 0 Å². The summed E-state index contributed by atoms with van der Waals surface area (Å²) in [5.74, 6) is 0.141. The first-order chi connectivity index (χ1) is 12.3. The molecule has 25 heavy (non-hydrogen) atoms. The van der Waals surface area contributed by atoms with Crippen molar-refractivity contribution >= 4 is 16.8 Å². The number of aromatic nitrogens is 3. The van der Waals surface area contributed by atoms with Gasteiger partial charge in [0.05, 0.1) is 31.4 Å². The standard InChI is InChI=1S/C19H20N4O2/c24-19(7-10-23-17-4-2-1-3-16(17)13-21-23)22-11-12-25-18(14-22)15-5-8-20-9-6-15/h1-6,8-9,13,18H,7,10-12,14H2/t18-/m0/s1. The largest absolute Gasteiger partial charge is 0.370 e. The van der Waals surface area contributed by atoms with Crippen LogP contribution >= 0.6 is 0 Å². The van der Waals surface area contributed by atoms with Gasteiger partial charge in [0.1, 0.15) is 6.10 Å². The number of ether oxygens (including phenoxy) is 1. The van der Waals surface area contributed by atoms with Gasteiger partial charge in [-0.05, 0) is 23.8 Å². The molecule has 1 aliphatic heterocycles. The maximum absolute atomic E-state index is 12.6. The molecule has 4 rings (SSSR count). The summed E-state index contributed by atoms with van der Waals surface area (Å²) in [6.07, 6.45) is 5.71. The zero-order valence-corrected chi connectivity index (χ0v) is 13.9. The van der Waals surface area contributed by atoms with Crippen molar-refractivity contribution in [1.82, 2.24) is 19.7 Å². The number of nitrogens with zero attached hydrogens (tertiary/aromatic N) is 4. The molecule has 3 heterocycles. The monoisotopic (exact) mass is 336 g/mol. The molecule has 1 atom stereocenters. The van der Waals surface area contributed by atoms with Crippen LogP contribution in [0.2, 0.25) is 0 Å². The minimum absolute atomic E-state index is 0.0776. The van der Waals surface area contributed by atoms with Crippen LogP contribution < -0.4 is 0 Å². The zero-order valence-electron chi connectivity index (χ0n) is 13.9. The number of benzene rings is 1. The van der Waals surface area contributed by atoms with E-state index in [1.165, 1.54) is 0 Å². The van der Waals surface area contributed by atoms with Gasteiger partial charge in [-0.2, -0.15) is 5.10 Å². The Labute approximate surface area is 146 Å². The van der Waals surface area contributed by atoms with Crippen LogP contribution in [-0.2, 0) is 16.1 Å². The number of carbonyl (C=O) groups is 1. The van der Waals surface area contributed by atoms with Crippen LogP contribution in [-0.4, -0.2) is 45.3 Å². The third-order valence-corrected chi connectivity index (χ3v) is 4.59. The molecule has 1 amide bonds. The number of amides is 1. The van der Waals surface area contributed by atoms with Gasteiger partial charge in [0.15, 0.2) is 0 Å². The lowest BCUT2D eigenvalue weighted by atomic mass is 10.1. The highest BCUT2D eigenvalue weighted by Gasteiger charge is 2.25. The van der Waals surface area contributed by atoms with E-state index in [2.05, 4.69) is 10.1 Å². The van der Waals surface area contributed by atoms with Gasteiger partial charge in [-0.15, -0.1) is 0 Å². The Balaban J connectivity index is 1.39. The van der Waals surface area contributed by atoms with Crippen molar-refractivity contribution in [3.8, 4) is 0 Å². The maximum atomic E-state index is 12.6. The molecule has 6 heteroatoms. The van der Waals surface area contributed by atoms with Crippen LogP contribution in [0.25, 0.3) is 10.9 Å². The lowest BCUT2D eigenvalue weighted by Crippen LogP contribution is -2.42. The molecular weight excluding hydrogens is 316 g/mol. The second-order valence-corrected chi connectivity index (χ2v) is 6.16. The Morgan fingerprint density at radius 3 is 2.92 bits per heavy atom. The molecule has 0 N–H and O–H groups in total. The first-order valence-electron chi connectivity index (χ1n) is 8.51. The Morgan fingerprint density at radius 1 is 1.20 bits per heavy atom. The number of fused-ring (bicyclic) bond motifs is 1. The van der Waals surface area contributed by atoms with Crippen molar-refractivity contribution < 1.29 is 9.53 Å². The van der Waals surface area contributed by atoms with Crippen molar-refractivity contribution in [1.29, 1.82) is 0 Å². The molecule has 128 valence electrons. The van der Waals surface area contributed by atoms with E-state index in [9.17, 15) is 4.79 Å². The van der Waals surface area contributed by atoms with Crippen LogP contribution in [0.4, 0.5) is 0 Å². The van der Waals surface area contributed by atoms with Crippen LogP contribution in [0.3, 0.4) is 0 Å². The minimum Gasteiger partial charge on any atom is -0.370 e. The zero-order chi connectivity index (χ0) is 17.1. The van der Waals surface area contributed by atoms with Crippen LogP contribution in [0.1, 0.15) is 18.1 Å². The molecule has 0 bridgehead atoms. The summed E-state index contributed by atoms with van der Waals surface area (Å²) in [7, 11) is 0. The number of para-hydroxylation sites is 1. The number of morpholine rings is 1. The highest BCUT2D eigenvalue weighted by Crippen LogP contribution is 2.22. The average molecular weight is 336 g/mol. The summed E-state index contributed by atoms with van der Waals surface area (Å²) < 4.78 is 7.71. The Kier molecular flexibility index (Phi) is 4.43. The number of hydrogen-bond acceptors (Lipinski definition) is 4. The molecule has 6 nitrogen and oxygen atoms in total. The second kappa shape index (κ2) is 7.03. The van der Waals surface area contributed by atoms with Crippen molar-refractivity contribution in [3.63, 3.8) is 0 Å². The Hall–Kier alpha value is -2.73. The van der Waals surface area contributed by atoms with Crippen LogP contribution in [0.15, 0.2) is 55.0 Å². The molecule has 0 aliphatic carbocycles. The molecule has 0 saturated carbocycles. The second-order valence-electron chi connectivity index (χ2n) is 6.16. The molecule has 1 aliphatic rings. The van der Waals surface area contributed by atoms with Gasteiger partial charge in [0, 0.05) is 30.7 Å². The molecule has 0 radical (unpaired) electrons. The van der Waals surface area contributed by atoms with E-state index in [-0.39, 0.29) is 12.0 Å². The number of carbonyl (C=O) groups excluding carboxylic acids is 1. The smallest absolute Gasteiger partial charge is 0.224 e. The van der Waals surface area contributed by atoms with Gasteiger partial charge < -0.3 is 9.64 Å². The molecule has 1 fully saturated rings. The minimum atomic E-state index is -0.0776. The quantitative estimate of drug-likeness (QED) is 0.734. The number of hydrogen-bond donors (Lipinski definition) is 0. The fourth-order valence-corrected chi connectivity index (χ4v) is 3.22. The molecule has 3 aromatic rings. The topological polar surface area (TPSA) is 60.2 Å². The highest BCUT2D eigenvalue weighted by atomic mass is 16.5. The maximum Gasteiger partial charge on any atom is 0.224 e. The third-order valence-electron chi connectivity index (χ3n) is 4.59. The number of aryl methyl sites for hydroxylation is 1. The predicted molar refractivity (Wildman–Crippen MR) is 93.9 cm³/mol. The van der Waals surface area contributed by atoms with Crippen LogP contribution in [0, 0.1) is 0 Å². The van der Waals surface area contributed by atoms with Gasteiger partial charge in [0.25, 0.3) is 0 Å². The fourth-order valence-electron chi connectivity index (χ4n) is 3.22. The molecule has 2 aromatic heterocycles. The lowest BCUT2D eigenvalue weighted by Gasteiger charge is -2.33. The summed E-state index contributed by atoms with van der Waals surface area (Å²) >= 11 is 0. The molecule has 1 aromatic carbocycles. The van der Waals surface area contributed by atoms with Crippen molar-refractivity contribution in [2.45, 2.75) is 19.1 Å². The summed E-state index contributed by atoms with van der Waals surface area (Å²) in [6.45, 7) is 2.37. The van der Waals surface area contributed by atoms with Crippen molar-refractivity contribution in [2.24, 2.45) is 0 Å².